The third-order valence-electron chi connectivity index (χ3n) is 3.53. The van der Waals surface area contributed by atoms with E-state index in [0.717, 1.165) is 5.75 Å². The molecule has 7 heteroatoms. The van der Waals surface area contributed by atoms with Crippen LogP contribution < -0.4 is 24.8 Å². The third kappa shape index (κ3) is 5.14. The second-order valence-corrected chi connectivity index (χ2v) is 5.55. The minimum absolute atomic E-state index is 0.272. The summed E-state index contributed by atoms with van der Waals surface area (Å²) in [5, 5.41) is 5.27. The standard InChI is InChI=1S/C19H22N2O5/c1-12(20-13(2)22)19(23)21-14-5-10-17(25-4)18(11-14)26-16-8-6-15(24-3)7-9-16/h5-12H,1-4H3,(H,20,22)(H,21,23). The first kappa shape index (κ1) is 19.1. The molecule has 2 N–H and O–H groups in total. The van der Waals surface area contributed by atoms with Crippen LogP contribution in [0.3, 0.4) is 0 Å². The Morgan fingerprint density at radius 3 is 2.15 bits per heavy atom. The van der Waals surface area contributed by atoms with Gasteiger partial charge in [0, 0.05) is 18.7 Å². The first-order chi connectivity index (χ1) is 12.4. The number of nitrogens with one attached hydrogen (secondary N) is 2. The van der Waals surface area contributed by atoms with Crippen LogP contribution in [-0.2, 0) is 9.59 Å². The van der Waals surface area contributed by atoms with Crippen molar-refractivity contribution in [3.05, 3.63) is 42.5 Å². The average molecular weight is 358 g/mol. The van der Waals surface area contributed by atoms with Crippen molar-refractivity contribution < 1.29 is 23.8 Å². The van der Waals surface area contributed by atoms with Gasteiger partial charge in [0.25, 0.3) is 0 Å². The lowest BCUT2D eigenvalue weighted by Crippen LogP contribution is -2.40. The van der Waals surface area contributed by atoms with Gasteiger partial charge in [0.1, 0.15) is 17.5 Å². The number of anilines is 1. The van der Waals surface area contributed by atoms with E-state index in [-0.39, 0.29) is 11.8 Å². The quantitative estimate of drug-likeness (QED) is 0.795. The van der Waals surface area contributed by atoms with Crippen LogP contribution in [0.25, 0.3) is 0 Å². The van der Waals surface area contributed by atoms with Crippen molar-refractivity contribution in [1.29, 1.82) is 0 Å². The number of ether oxygens (including phenoxy) is 3. The second-order valence-electron chi connectivity index (χ2n) is 5.55. The van der Waals surface area contributed by atoms with Gasteiger partial charge < -0.3 is 24.8 Å². The van der Waals surface area contributed by atoms with Crippen LogP contribution in [0.4, 0.5) is 5.69 Å². The molecule has 26 heavy (non-hydrogen) atoms. The molecule has 0 aliphatic heterocycles. The summed E-state index contributed by atoms with van der Waals surface area (Å²) in [6.45, 7) is 2.97. The third-order valence-corrected chi connectivity index (χ3v) is 3.53. The van der Waals surface area contributed by atoms with E-state index >= 15 is 0 Å². The molecule has 1 unspecified atom stereocenters. The lowest BCUT2D eigenvalue weighted by atomic mass is 10.2. The van der Waals surface area contributed by atoms with Crippen LogP contribution in [0.5, 0.6) is 23.0 Å². The molecule has 0 aliphatic carbocycles. The maximum atomic E-state index is 12.1. The maximum absolute atomic E-state index is 12.1. The maximum Gasteiger partial charge on any atom is 0.246 e. The van der Waals surface area contributed by atoms with Gasteiger partial charge >= 0.3 is 0 Å². The highest BCUT2D eigenvalue weighted by Crippen LogP contribution is 2.34. The van der Waals surface area contributed by atoms with Gasteiger partial charge in [-0.15, -0.1) is 0 Å². The van der Waals surface area contributed by atoms with Crippen LogP contribution in [-0.4, -0.2) is 32.1 Å². The summed E-state index contributed by atoms with van der Waals surface area (Å²) in [7, 11) is 3.13. The number of carbonyl (C=O) groups excluding carboxylic acids is 2. The molecule has 2 rings (SSSR count). The predicted octanol–water partition coefficient (Wildman–Crippen LogP) is 2.96. The Morgan fingerprint density at radius 1 is 0.923 bits per heavy atom. The Bertz CT molecular complexity index is 774. The van der Waals surface area contributed by atoms with E-state index in [1.54, 1.807) is 56.5 Å². The fourth-order valence-corrected chi connectivity index (χ4v) is 2.23. The SMILES string of the molecule is COc1ccc(Oc2cc(NC(=O)C(C)NC(C)=O)ccc2OC)cc1. The fourth-order valence-electron chi connectivity index (χ4n) is 2.23. The fraction of sp³-hybridized carbons (Fsp3) is 0.263. The van der Waals surface area contributed by atoms with Gasteiger partial charge in [0.05, 0.1) is 14.2 Å². The van der Waals surface area contributed by atoms with Crippen LogP contribution in [0.2, 0.25) is 0 Å². The van der Waals surface area contributed by atoms with Gasteiger partial charge in [-0.2, -0.15) is 0 Å². The molecule has 0 saturated heterocycles. The molecule has 0 radical (unpaired) electrons. The van der Waals surface area contributed by atoms with Crippen molar-refractivity contribution in [1.82, 2.24) is 5.32 Å². The van der Waals surface area contributed by atoms with E-state index in [0.29, 0.717) is 22.9 Å². The summed E-state index contributed by atoms with van der Waals surface area (Å²) >= 11 is 0. The van der Waals surface area contributed by atoms with Crippen LogP contribution in [0, 0.1) is 0 Å². The Kier molecular flexibility index (Phi) is 6.43. The van der Waals surface area contributed by atoms with Gasteiger partial charge in [-0.1, -0.05) is 0 Å². The molecule has 0 saturated carbocycles. The van der Waals surface area contributed by atoms with E-state index in [4.69, 9.17) is 14.2 Å². The molecule has 0 aliphatic rings. The zero-order chi connectivity index (χ0) is 19.1. The zero-order valence-electron chi connectivity index (χ0n) is 15.2. The number of carbonyl (C=O) groups is 2. The van der Waals surface area contributed by atoms with Crippen LogP contribution in [0.1, 0.15) is 13.8 Å². The topological polar surface area (TPSA) is 85.9 Å². The first-order valence-corrected chi connectivity index (χ1v) is 8.01. The lowest BCUT2D eigenvalue weighted by Gasteiger charge is -2.15. The Morgan fingerprint density at radius 2 is 1.58 bits per heavy atom. The van der Waals surface area contributed by atoms with E-state index in [2.05, 4.69) is 10.6 Å². The number of hydrogen-bond acceptors (Lipinski definition) is 5. The number of amides is 2. The van der Waals surface area contributed by atoms with Gasteiger partial charge in [0.2, 0.25) is 11.8 Å². The van der Waals surface area contributed by atoms with Crippen molar-refractivity contribution in [2.24, 2.45) is 0 Å². The normalized spacial score (nSPS) is 11.2. The monoisotopic (exact) mass is 358 g/mol. The molecule has 1 atom stereocenters. The summed E-state index contributed by atoms with van der Waals surface area (Å²) < 4.78 is 16.3. The second kappa shape index (κ2) is 8.75. The Balaban J connectivity index is 2.16. The lowest BCUT2D eigenvalue weighted by molar-refractivity contribution is -0.124. The van der Waals surface area contributed by atoms with Gasteiger partial charge in [0.15, 0.2) is 11.5 Å². The molecule has 2 aromatic rings. The van der Waals surface area contributed by atoms with Gasteiger partial charge in [-0.3, -0.25) is 9.59 Å². The van der Waals surface area contributed by atoms with Crippen molar-refractivity contribution in [2.45, 2.75) is 19.9 Å². The number of methoxy groups -OCH3 is 2. The molecular weight excluding hydrogens is 336 g/mol. The summed E-state index contributed by atoms with van der Waals surface area (Å²) in [6, 6.07) is 11.5. The summed E-state index contributed by atoms with van der Waals surface area (Å²) in [6.07, 6.45) is 0. The largest absolute Gasteiger partial charge is 0.497 e. The van der Waals surface area contributed by atoms with E-state index in [1.807, 2.05) is 0 Å². The molecule has 138 valence electrons. The highest BCUT2D eigenvalue weighted by atomic mass is 16.5. The van der Waals surface area contributed by atoms with Gasteiger partial charge in [-0.25, -0.2) is 0 Å². The van der Waals surface area contributed by atoms with E-state index < -0.39 is 6.04 Å². The molecule has 0 spiro atoms. The molecule has 0 bridgehead atoms. The zero-order valence-corrected chi connectivity index (χ0v) is 15.2. The van der Waals surface area contributed by atoms with Crippen molar-refractivity contribution in [2.75, 3.05) is 19.5 Å². The molecular formula is C19H22N2O5. The summed E-state index contributed by atoms with van der Waals surface area (Å²) in [5.74, 6) is 1.68. The van der Waals surface area contributed by atoms with Crippen molar-refractivity contribution >= 4 is 17.5 Å². The molecule has 0 heterocycles. The Labute approximate surface area is 152 Å². The molecule has 0 fully saturated rings. The predicted molar refractivity (Wildman–Crippen MR) is 98.0 cm³/mol. The van der Waals surface area contributed by atoms with Crippen LogP contribution >= 0.6 is 0 Å². The molecule has 2 amide bonds. The Hall–Kier alpha value is -3.22. The molecule has 7 nitrogen and oxygen atoms in total. The van der Waals surface area contributed by atoms with Crippen molar-refractivity contribution in [3.63, 3.8) is 0 Å². The minimum Gasteiger partial charge on any atom is -0.497 e. The van der Waals surface area contributed by atoms with E-state index in [9.17, 15) is 9.59 Å². The smallest absolute Gasteiger partial charge is 0.246 e. The van der Waals surface area contributed by atoms with Crippen LogP contribution in [0.15, 0.2) is 42.5 Å². The molecule has 2 aromatic carbocycles. The molecule has 0 aromatic heterocycles. The highest BCUT2D eigenvalue weighted by molar-refractivity contribution is 5.96. The minimum atomic E-state index is -0.652. The van der Waals surface area contributed by atoms with E-state index in [1.165, 1.54) is 14.0 Å². The highest BCUT2D eigenvalue weighted by Gasteiger charge is 2.15. The van der Waals surface area contributed by atoms with Crippen molar-refractivity contribution in [3.8, 4) is 23.0 Å². The summed E-state index contributed by atoms with van der Waals surface area (Å²) in [4.78, 5) is 23.2. The van der Waals surface area contributed by atoms with Gasteiger partial charge in [-0.05, 0) is 43.3 Å². The first-order valence-electron chi connectivity index (χ1n) is 8.01. The summed E-state index contributed by atoms with van der Waals surface area (Å²) in [5.41, 5.74) is 0.525. The number of rotatable bonds is 7. The average Bonchev–Trinajstić information content (AvgIpc) is 2.62. The number of benzene rings is 2. The number of hydrogen-bond donors (Lipinski definition) is 2.